The zero-order chi connectivity index (χ0) is 6.28. The predicted molar refractivity (Wildman–Crippen MR) is 25.4 cm³/mol. The molecule has 0 aromatic rings. The first kappa shape index (κ1) is 22.5. The van der Waals surface area contributed by atoms with Crippen molar-refractivity contribution in [3.63, 3.8) is 0 Å². The van der Waals surface area contributed by atoms with Crippen molar-refractivity contribution in [1.82, 2.24) is 0 Å². The second-order valence-electron chi connectivity index (χ2n) is 0.288. The van der Waals surface area contributed by atoms with Crippen LogP contribution in [0.15, 0.2) is 0 Å². The third-order valence-corrected chi connectivity index (χ3v) is 0. The molecule has 0 atom stereocenters. The summed E-state index contributed by atoms with van der Waals surface area (Å²) in [4.78, 5) is 0. The van der Waals surface area contributed by atoms with Gasteiger partial charge in [-0.3, -0.25) is 0 Å². The zero-order valence-corrected chi connectivity index (χ0v) is 6.49. The van der Waals surface area contributed by atoms with Crippen LogP contribution in [0.5, 0.6) is 0 Å². The summed E-state index contributed by atoms with van der Waals surface area (Å²) in [6, 6.07) is 0. The first-order valence-corrected chi connectivity index (χ1v) is 1.99. The molecule has 9 heteroatoms. The maximum atomic E-state index is 9.73. The monoisotopic (exact) mass is 173 g/mol. The van der Waals surface area contributed by atoms with Crippen LogP contribution in [0.4, 0.5) is 12.6 Å². The topological polar surface area (TPSA) is 77.6 Å². The van der Waals surface area contributed by atoms with E-state index in [4.69, 9.17) is 10.0 Å². The van der Waals surface area contributed by atoms with Crippen LogP contribution >= 0.6 is 8.85 Å². The van der Waals surface area contributed by atoms with Crippen molar-refractivity contribution in [2.75, 3.05) is 0 Å². The standard InChI is InChI=1S/BO2.F3P.Mg.H2O/c2-1-3;1-4(2)3;;/h;;;1H2/q-2;;+2;. The Hall–Kier alpha value is 0.931. The Labute approximate surface area is 68.1 Å². The molecule has 51 valence electrons. The molecule has 3 nitrogen and oxygen atoms in total. The van der Waals surface area contributed by atoms with Crippen LogP contribution in [-0.4, -0.2) is 36.2 Å². The number of hydrogen-bond donors (Lipinski definition) is 0. The third kappa shape index (κ3) is 495. The summed E-state index contributed by atoms with van der Waals surface area (Å²) in [6.45, 7) is 0. The van der Waals surface area contributed by atoms with Crippen LogP contribution < -0.4 is 10.0 Å². The molecular formula is H2BF3MgO3P. The molecule has 0 aliphatic carbocycles. The van der Waals surface area contributed by atoms with Gasteiger partial charge in [0.25, 0.3) is 0 Å². The van der Waals surface area contributed by atoms with Crippen LogP contribution in [0.1, 0.15) is 0 Å². The Morgan fingerprint density at radius 1 is 1.11 bits per heavy atom. The molecule has 0 heterocycles. The largest absolute Gasteiger partial charge is 2.00 e. The fraction of sp³-hybridized carbons (Fsp3) is 0. The van der Waals surface area contributed by atoms with E-state index in [0.717, 1.165) is 0 Å². The summed E-state index contributed by atoms with van der Waals surface area (Å²) in [5, 5.41) is 16.5. The van der Waals surface area contributed by atoms with Gasteiger partial charge in [-0.2, -0.15) is 12.6 Å². The van der Waals surface area contributed by atoms with E-state index in [1.54, 1.807) is 0 Å². The first-order chi connectivity index (χ1) is 3.15. The molecule has 0 bridgehead atoms. The van der Waals surface area contributed by atoms with Gasteiger partial charge < -0.3 is 15.5 Å². The molecule has 0 saturated heterocycles. The Morgan fingerprint density at radius 2 is 1.11 bits per heavy atom. The van der Waals surface area contributed by atoms with Crippen LogP contribution in [0.25, 0.3) is 0 Å². The molecule has 0 aromatic heterocycles. The molecular weight excluding hydrogens is 171 g/mol. The number of hydrogen-bond acceptors (Lipinski definition) is 2. The third-order valence-electron chi connectivity index (χ3n) is 0. The molecule has 0 saturated carbocycles. The van der Waals surface area contributed by atoms with E-state index < -0.39 is 16.5 Å². The molecule has 9 heavy (non-hydrogen) atoms. The molecule has 2 N–H and O–H groups in total. The molecule has 0 rings (SSSR count). The van der Waals surface area contributed by atoms with Crippen molar-refractivity contribution in [2.45, 2.75) is 0 Å². The molecule has 1 radical (unpaired) electrons. The van der Waals surface area contributed by atoms with Crippen molar-refractivity contribution in [3.05, 3.63) is 0 Å². The number of rotatable bonds is 0. The van der Waals surface area contributed by atoms with Gasteiger partial charge in [-0.15, -0.1) is 0 Å². The van der Waals surface area contributed by atoms with Gasteiger partial charge in [0.15, 0.2) is 0 Å². The maximum absolute atomic E-state index is 9.73. The van der Waals surface area contributed by atoms with Gasteiger partial charge in [-0.05, 0) is 0 Å². The second kappa shape index (κ2) is 23.1. The maximum Gasteiger partial charge on any atom is 2.00 e. The van der Waals surface area contributed by atoms with Crippen molar-refractivity contribution in [3.8, 4) is 0 Å². The Bertz CT molecular complexity index is 30.3. The van der Waals surface area contributed by atoms with Crippen LogP contribution in [0.2, 0.25) is 0 Å². The van der Waals surface area contributed by atoms with Crippen LogP contribution in [-0.2, 0) is 0 Å². The molecule has 0 amide bonds. The Kier molecular flexibility index (Phi) is 57.8. The van der Waals surface area contributed by atoms with Gasteiger partial charge in [0.2, 0.25) is 0 Å². The minimum Gasteiger partial charge on any atom is -0.900 e. The van der Waals surface area contributed by atoms with Gasteiger partial charge in [0.1, 0.15) is 0 Å². The van der Waals surface area contributed by atoms with Gasteiger partial charge in [0, 0.05) is 0 Å². The predicted octanol–water partition coefficient (Wildman–Crippen LogP) is -1.84. The van der Waals surface area contributed by atoms with Gasteiger partial charge in [-0.1, -0.05) is 0 Å². The summed E-state index contributed by atoms with van der Waals surface area (Å²) in [7, 11) is -4.62. The van der Waals surface area contributed by atoms with E-state index in [0.29, 0.717) is 0 Å². The quantitative estimate of drug-likeness (QED) is 0.318. The average Bonchev–Trinajstić information content (AvgIpc) is 1.33. The smallest absolute Gasteiger partial charge is 0.900 e. The molecule has 0 unspecified atom stereocenters. The van der Waals surface area contributed by atoms with Crippen molar-refractivity contribution < 1.29 is 28.1 Å². The Balaban J connectivity index is -0.0000000233. The van der Waals surface area contributed by atoms with Crippen molar-refractivity contribution >= 4 is 39.6 Å². The van der Waals surface area contributed by atoms with E-state index >= 15 is 0 Å². The summed E-state index contributed by atoms with van der Waals surface area (Å²) < 4.78 is 29.2. The SMILES string of the molecule is FP(F)F.O.[Mg+2].[O-][B][O-]. The summed E-state index contributed by atoms with van der Waals surface area (Å²) in [5.41, 5.74) is 0. The average molecular weight is 173 g/mol. The fourth-order valence-electron chi connectivity index (χ4n) is 0. The minimum absolute atomic E-state index is 0. The number of halogens is 3. The van der Waals surface area contributed by atoms with Gasteiger partial charge >= 0.3 is 31.9 Å². The fourth-order valence-corrected chi connectivity index (χ4v) is 0. The van der Waals surface area contributed by atoms with E-state index in [9.17, 15) is 12.6 Å². The zero-order valence-electron chi connectivity index (χ0n) is 4.18. The second-order valence-corrected chi connectivity index (χ2v) is 0.671. The van der Waals surface area contributed by atoms with E-state index in [1.807, 2.05) is 0 Å². The van der Waals surface area contributed by atoms with Crippen molar-refractivity contribution in [2.24, 2.45) is 0 Å². The van der Waals surface area contributed by atoms with Gasteiger partial charge in [0.05, 0.1) is 0 Å². The van der Waals surface area contributed by atoms with E-state index in [-0.39, 0.29) is 28.5 Å². The van der Waals surface area contributed by atoms with Gasteiger partial charge in [-0.25, -0.2) is 7.69 Å². The summed E-state index contributed by atoms with van der Waals surface area (Å²) in [5.74, 6) is 0. The summed E-state index contributed by atoms with van der Waals surface area (Å²) >= 11 is 0. The van der Waals surface area contributed by atoms with Crippen LogP contribution in [0.3, 0.4) is 0 Å². The Morgan fingerprint density at radius 3 is 1.11 bits per heavy atom. The van der Waals surface area contributed by atoms with E-state index in [2.05, 4.69) is 0 Å². The first-order valence-electron chi connectivity index (χ1n) is 0.978. The normalized spacial score (nSPS) is 5.56. The molecule has 0 aromatic carbocycles. The van der Waals surface area contributed by atoms with Crippen LogP contribution in [0, 0.1) is 0 Å². The van der Waals surface area contributed by atoms with E-state index in [1.165, 1.54) is 0 Å². The molecule has 0 fully saturated rings. The summed E-state index contributed by atoms with van der Waals surface area (Å²) in [6.07, 6.45) is 0. The van der Waals surface area contributed by atoms with Crippen molar-refractivity contribution in [1.29, 1.82) is 0 Å². The molecule has 0 aliphatic heterocycles. The molecule has 0 spiro atoms. The minimum atomic E-state index is -4.12. The molecule has 0 aliphatic rings.